The maximum absolute atomic E-state index is 3.42. The van der Waals surface area contributed by atoms with Crippen LogP contribution in [0.2, 0.25) is 0 Å². The summed E-state index contributed by atoms with van der Waals surface area (Å²) < 4.78 is 0. The molecule has 1 aromatic heterocycles. The average Bonchev–Trinajstić information content (AvgIpc) is 3.36. The molecule has 0 bridgehead atoms. The SMILES string of the molecule is C1=[NH+]c2ccccc2C1=C(c1ccccc1)c1c[nH]c2ccccc12.CC. The molecule has 0 amide bonds. The van der Waals surface area contributed by atoms with Crippen LogP contribution >= 0.6 is 0 Å². The number of rotatable bonds is 2. The van der Waals surface area contributed by atoms with Crippen LogP contribution in [0.5, 0.6) is 0 Å². The zero-order valence-electron chi connectivity index (χ0n) is 15.7. The molecule has 0 unspecified atom stereocenters. The van der Waals surface area contributed by atoms with Gasteiger partial charge in [0.05, 0.1) is 11.1 Å². The number of hydrogen-bond donors (Lipinski definition) is 2. The molecule has 0 radical (unpaired) electrons. The van der Waals surface area contributed by atoms with Crippen molar-refractivity contribution in [2.75, 3.05) is 0 Å². The normalized spacial score (nSPS) is 13.9. The van der Waals surface area contributed by atoms with Gasteiger partial charge in [0.15, 0.2) is 6.21 Å². The molecular weight excluding hydrogens is 328 g/mol. The van der Waals surface area contributed by atoms with Gasteiger partial charge < -0.3 is 4.98 Å². The first-order valence-corrected chi connectivity index (χ1v) is 9.47. The molecule has 0 aliphatic carbocycles. The van der Waals surface area contributed by atoms with Crippen molar-refractivity contribution in [3.05, 3.63) is 102 Å². The molecule has 0 fully saturated rings. The number of para-hydroxylation sites is 2. The van der Waals surface area contributed by atoms with Gasteiger partial charge in [-0.05, 0) is 17.7 Å². The van der Waals surface area contributed by atoms with E-state index in [2.05, 4.69) is 101 Å². The van der Waals surface area contributed by atoms with Crippen molar-refractivity contribution < 1.29 is 4.99 Å². The Morgan fingerprint density at radius 3 is 2.33 bits per heavy atom. The molecule has 4 aromatic rings. The van der Waals surface area contributed by atoms with E-state index in [9.17, 15) is 0 Å². The van der Waals surface area contributed by atoms with E-state index in [0.29, 0.717) is 0 Å². The van der Waals surface area contributed by atoms with Gasteiger partial charge in [0, 0.05) is 34.3 Å². The fourth-order valence-corrected chi connectivity index (χ4v) is 3.62. The number of fused-ring (bicyclic) bond motifs is 2. The molecule has 2 nitrogen and oxygen atoms in total. The minimum atomic E-state index is 1.16. The molecule has 27 heavy (non-hydrogen) atoms. The van der Waals surface area contributed by atoms with Crippen LogP contribution < -0.4 is 4.99 Å². The van der Waals surface area contributed by atoms with E-state index >= 15 is 0 Å². The van der Waals surface area contributed by atoms with Crippen molar-refractivity contribution >= 4 is 34.0 Å². The van der Waals surface area contributed by atoms with Gasteiger partial charge in [-0.1, -0.05) is 74.5 Å². The topological polar surface area (TPSA) is 29.8 Å². The van der Waals surface area contributed by atoms with E-state index in [0.717, 1.165) is 11.2 Å². The third-order valence-corrected chi connectivity index (χ3v) is 4.78. The molecule has 132 valence electrons. The summed E-state index contributed by atoms with van der Waals surface area (Å²) in [6.07, 6.45) is 4.24. The number of aromatic nitrogens is 1. The van der Waals surface area contributed by atoms with Crippen LogP contribution in [0.4, 0.5) is 5.69 Å². The number of hydrogen-bond acceptors (Lipinski definition) is 0. The van der Waals surface area contributed by atoms with Gasteiger partial charge in [-0.25, -0.2) is 4.99 Å². The molecule has 0 saturated heterocycles. The molecule has 2 heteroatoms. The van der Waals surface area contributed by atoms with Crippen molar-refractivity contribution in [2.45, 2.75) is 13.8 Å². The maximum atomic E-state index is 3.42. The highest BCUT2D eigenvalue weighted by Crippen LogP contribution is 2.37. The highest BCUT2D eigenvalue weighted by atomic mass is 14.8. The fraction of sp³-hybridized carbons (Fsp3) is 0.0800. The summed E-state index contributed by atoms with van der Waals surface area (Å²) in [6, 6.07) is 27.5. The Bertz CT molecular complexity index is 1130. The predicted molar refractivity (Wildman–Crippen MR) is 115 cm³/mol. The van der Waals surface area contributed by atoms with Crippen LogP contribution in [-0.4, -0.2) is 11.2 Å². The van der Waals surface area contributed by atoms with Gasteiger partial charge in [-0.2, -0.15) is 0 Å². The zero-order valence-corrected chi connectivity index (χ0v) is 15.7. The lowest BCUT2D eigenvalue weighted by atomic mass is 9.90. The molecule has 0 atom stereocenters. The highest BCUT2D eigenvalue weighted by Gasteiger charge is 2.24. The number of aromatic amines is 1. The summed E-state index contributed by atoms with van der Waals surface area (Å²) in [5.74, 6) is 0. The second-order valence-corrected chi connectivity index (χ2v) is 6.24. The molecule has 5 rings (SSSR count). The van der Waals surface area contributed by atoms with Gasteiger partial charge >= 0.3 is 0 Å². The summed E-state index contributed by atoms with van der Waals surface area (Å²) in [7, 11) is 0. The Labute approximate surface area is 159 Å². The van der Waals surface area contributed by atoms with Gasteiger partial charge in [0.2, 0.25) is 5.69 Å². The highest BCUT2D eigenvalue weighted by molar-refractivity contribution is 6.24. The predicted octanol–water partition coefficient (Wildman–Crippen LogP) is 4.95. The first kappa shape index (κ1) is 17.0. The monoisotopic (exact) mass is 351 g/mol. The summed E-state index contributed by atoms with van der Waals surface area (Å²) in [6.45, 7) is 4.00. The first-order chi connectivity index (χ1) is 13.4. The van der Waals surface area contributed by atoms with Crippen molar-refractivity contribution in [2.24, 2.45) is 0 Å². The van der Waals surface area contributed by atoms with Gasteiger partial charge in [0.1, 0.15) is 0 Å². The van der Waals surface area contributed by atoms with E-state index < -0.39 is 0 Å². The van der Waals surface area contributed by atoms with Crippen molar-refractivity contribution in [1.82, 2.24) is 4.98 Å². The molecule has 0 saturated carbocycles. The van der Waals surface area contributed by atoms with Crippen molar-refractivity contribution in [3.63, 3.8) is 0 Å². The molecule has 1 aliphatic rings. The third kappa shape index (κ3) is 3.00. The van der Waals surface area contributed by atoms with Crippen molar-refractivity contribution in [3.8, 4) is 0 Å². The Balaban J connectivity index is 0.000000872. The first-order valence-electron chi connectivity index (χ1n) is 9.47. The summed E-state index contributed by atoms with van der Waals surface area (Å²) in [5.41, 5.74) is 8.48. The fourth-order valence-electron chi connectivity index (χ4n) is 3.62. The van der Waals surface area contributed by atoms with E-state index in [1.54, 1.807) is 0 Å². The summed E-state index contributed by atoms with van der Waals surface area (Å²) in [4.78, 5) is 6.83. The standard InChI is InChI=1S/C23H16N2.C2H6/c1-2-8-16(9-3-1)23(19-14-24-21-12-6-4-10-17(19)21)20-15-25-22-13-7-5-11-18(20)22;1-2/h1-15,24H;1-2H3/p+1. The number of nitrogens with one attached hydrogen (secondary N) is 2. The molecule has 3 aromatic carbocycles. The average molecular weight is 351 g/mol. The smallest absolute Gasteiger partial charge is 0.211 e. The summed E-state index contributed by atoms with van der Waals surface area (Å²) >= 11 is 0. The quantitative estimate of drug-likeness (QED) is 0.512. The third-order valence-electron chi connectivity index (χ3n) is 4.78. The molecule has 2 heterocycles. The number of allylic oxidation sites excluding steroid dienone is 1. The molecule has 0 spiro atoms. The Morgan fingerprint density at radius 2 is 1.48 bits per heavy atom. The minimum Gasteiger partial charge on any atom is -0.361 e. The lowest BCUT2D eigenvalue weighted by Crippen LogP contribution is -2.58. The van der Waals surface area contributed by atoms with E-state index in [-0.39, 0.29) is 0 Å². The van der Waals surface area contributed by atoms with Crippen LogP contribution in [0.1, 0.15) is 30.5 Å². The van der Waals surface area contributed by atoms with E-state index in [1.165, 1.54) is 33.2 Å². The van der Waals surface area contributed by atoms with Gasteiger partial charge in [-0.3, -0.25) is 0 Å². The van der Waals surface area contributed by atoms with Crippen LogP contribution in [0, 0.1) is 0 Å². The van der Waals surface area contributed by atoms with Gasteiger partial charge in [0.25, 0.3) is 0 Å². The lowest BCUT2D eigenvalue weighted by Gasteiger charge is -2.10. The number of benzene rings is 3. The molecule has 1 aliphatic heterocycles. The second kappa shape index (κ2) is 7.46. The molecule has 2 N–H and O–H groups in total. The molecular formula is C25H23N2+. The minimum absolute atomic E-state index is 1.16. The largest absolute Gasteiger partial charge is 0.361 e. The van der Waals surface area contributed by atoms with Crippen LogP contribution in [0.3, 0.4) is 0 Å². The van der Waals surface area contributed by atoms with Gasteiger partial charge in [-0.15, -0.1) is 0 Å². The van der Waals surface area contributed by atoms with E-state index in [1.807, 2.05) is 13.8 Å². The Morgan fingerprint density at radius 1 is 0.778 bits per heavy atom. The second-order valence-electron chi connectivity index (χ2n) is 6.24. The summed E-state index contributed by atoms with van der Waals surface area (Å²) in [5, 5.41) is 1.24. The van der Waals surface area contributed by atoms with Crippen molar-refractivity contribution in [1.29, 1.82) is 0 Å². The van der Waals surface area contributed by atoms with E-state index in [4.69, 9.17) is 0 Å². The maximum Gasteiger partial charge on any atom is 0.211 e. The number of H-pyrrole nitrogens is 1. The Hall–Kier alpha value is -3.39. The van der Waals surface area contributed by atoms with Crippen LogP contribution in [0.25, 0.3) is 22.0 Å². The zero-order chi connectivity index (χ0) is 18.6. The Kier molecular flexibility index (Phi) is 4.71. The van der Waals surface area contributed by atoms with Crippen LogP contribution in [-0.2, 0) is 0 Å². The lowest BCUT2D eigenvalue weighted by molar-refractivity contribution is -0.342. The van der Waals surface area contributed by atoms with Crippen LogP contribution in [0.15, 0.2) is 85.1 Å².